The maximum absolute atomic E-state index is 11.5. The number of hydrogen-bond acceptors (Lipinski definition) is 3. The largest absolute Gasteiger partial charge is 0.507 e. The molecule has 0 aliphatic rings. The van der Waals surface area contributed by atoms with Gasteiger partial charge in [0.15, 0.2) is 0 Å². The summed E-state index contributed by atoms with van der Waals surface area (Å²) in [6.45, 7) is 6.29. The third-order valence-electron chi connectivity index (χ3n) is 2.62. The van der Waals surface area contributed by atoms with Crippen LogP contribution in [0.15, 0.2) is 22.7 Å². The molecule has 0 spiro atoms. The topological polar surface area (TPSA) is 46.5 Å². The van der Waals surface area contributed by atoms with Crippen molar-refractivity contribution >= 4 is 21.9 Å². The van der Waals surface area contributed by atoms with Gasteiger partial charge < -0.3 is 9.84 Å². The minimum Gasteiger partial charge on any atom is -0.507 e. The fraction of sp³-hybridized carbons (Fsp3) is 0.500. The first-order chi connectivity index (χ1) is 8.34. The molecule has 0 unspecified atom stereocenters. The molecule has 0 atom stereocenters. The predicted molar refractivity (Wildman–Crippen MR) is 74.5 cm³/mol. The fourth-order valence-electron chi connectivity index (χ4n) is 1.88. The van der Waals surface area contributed by atoms with Crippen molar-refractivity contribution < 1.29 is 14.6 Å². The lowest BCUT2D eigenvalue weighted by Crippen LogP contribution is -2.21. The molecule has 0 fully saturated rings. The van der Waals surface area contributed by atoms with Gasteiger partial charge in [-0.2, -0.15) is 0 Å². The van der Waals surface area contributed by atoms with Crippen LogP contribution in [0.5, 0.6) is 5.75 Å². The average Bonchev–Trinajstić information content (AvgIpc) is 2.22. The van der Waals surface area contributed by atoms with Gasteiger partial charge in [0.2, 0.25) is 0 Å². The summed E-state index contributed by atoms with van der Waals surface area (Å²) in [5.41, 5.74) is 0.914. The van der Waals surface area contributed by atoms with Crippen molar-refractivity contribution in [1.82, 2.24) is 0 Å². The van der Waals surface area contributed by atoms with E-state index in [-0.39, 0.29) is 17.1 Å². The van der Waals surface area contributed by atoms with Crippen LogP contribution in [0.1, 0.15) is 32.8 Å². The van der Waals surface area contributed by atoms with Gasteiger partial charge in [0, 0.05) is 0 Å². The molecule has 0 amide bonds. The third kappa shape index (κ3) is 4.69. The smallest absolute Gasteiger partial charge is 0.306 e. The molecular weight excluding hydrogens is 296 g/mol. The molecule has 4 heteroatoms. The Morgan fingerprint density at radius 3 is 2.67 bits per heavy atom. The van der Waals surface area contributed by atoms with Crippen LogP contribution in [-0.2, 0) is 16.0 Å². The molecule has 0 aliphatic heterocycles. The Kier molecular flexibility index (Phi) is 5.20. The Balaban J connectivity index is 2.69. The number of carbonyl (C=O) groups excluding carboxylic acids is 1. The monoisotopic (exact) mass is 314 g/mol. The highest BCUT2D eigenvalue weighted by molar-refractivity contribution is 9.10. The van der Waals surface area contributed by atoms with Gasteiger partial charge in [0.05, 0.1) is 17.5 Å². The number of aromatic hydroxyl groups is 1. The van der Waals surface area contributed by atoms with Gasteiger partial charge in [0.1, 0.15) is 5.75 Å². The number of rotatable bonds is 5. The summed E-state index contributed by atoms with van der Waals surface area (Å²) in [7, 11) is 0. The maximum Gasteiger partial charge on any atom is 0.306 e. The van der Waals surface area contributed by atoms with Crippen molar-refractivity contribution in [3.8, 4) is 5.75 Å². The van der Waals surface area contributed by atoms with Crippen LogP contribution in [0.4, 0.5) is 0 Å². The fourth-order valence-corrected chi connectivity index (χ4v) is 2.30. The summed E-state index contributed by atoms with van der Waals surface area (Å²) in [4.78, 5) is 11.5. The zero-order chi connectivity index (χ0) is 13.8. The van der Waals surface area contributed by atoms with E-state index in [1.54, 1.807) is 6.07 Å². The standard InChI is InChI=1S/C14H19BrO3/c1-4-18-13(17)9-14(2,3)8-10-5-6-12(16)11(15)7-10/h5-7,16H,4,8-9H2,1-3H3. The second-order valence-electron chi connectivity index (χ2n) is 5.11. The van der Waals surface area contributed by atoms with Gasteiger partial charge in [-0.15, -0.1) is 0 Å². The number of benzene rings is 1. The van der Waals surface area contributed by atoms with Crippen LogP contribution in [0.3, 0.4) is 0 Å². The van der Waals surface area contributed by atoms with Crippen LogP contribution >= 0.6 is 15.9 Å². The average molecular weight is 315 g/mol. The first-order valence-electron chi connectivity index (χ1n) is 5.97. The van der Waals surface area contributed by atoms with E-state index in [4.69, 9.17) is 4.74 Å². The Morgan fingerprint density at radius 2 is 2.11 bits per heavy atom. The molecule has 0 bridgehead atoms. The Morgan fingerprint density at radius 1 is 1.44 bits per heavy atom. The van der Waals surface area contributed by atoms with Crippen LogP contribution < -0.4 is 0 Å². The highest BCUT2D eigenvalue weighted by Gasteiger charge is 2.23. The minimum absolute atomic E-state index is 0.164. The number of hydrogen-bond donors (Lipinski definition) is 1. The molecule has 0 radical (unpaired) electrons. The number of phenolic OH excluding ortho intramolecular Hbond substituents is 1. The number of halogens is 1. The van der Waals surface area contributed by atoms with E-state index in [2.05, 4.69) is 15.9 Å². The SMILES string of the molecule is CCOC(=O)CC(C)(C)Cc1ccc(O)c(Br)c1. The summed E-state index contributed by atoms with van der Waals surface area (Å²) in [6.07, 6.45) is 1.14. The second-order valence-corrected chi connectivity index (χ2v) is 5.96. The van der Waals surface area contributed by atoms with E-state index in [0.717, 1.165) is 12.0 Å². The summed E-state index contributed by atoms with van der Waals surface area (Å²) in [5.74, 6) is 0.0577. The molecule has 18 heavy (non-hydrogen) atoms. The van der Waals surface area contributed by atoms with Crippen molar-refractivity contribution in [2.24, 2.45) is 5.41 Å². The first kappa shape index (κ1) is 15.0. The molecule has 1 rings (SSSR count). The van der Waals surface area contributed by atoms with Crippen molar-refractivity contribution in [3.63, 3.8) is 0 Å². The highest BCUT2D eigenvalue weighted by atomic mass is 79.9. The lowest BCUT2D eigenvalue weighted by molar-refractivity contribution is -0.145. The molecule has 0 saturated heterocycles. The Labute approximate surface area is 116 Å². The summed E-state index contributed by atoms with van der Waals surface area (Å²) < 4.78 is 5.64. The lowest BCUT2D eigenvalue weighted by Gasteiger charge is -2.23. The van der Waals surface area contributed by atoms with Gasteiger partial charge in [-0.25, -0.2) is 0 Å². The molecule has 0 heterocycles. The zero-order valence-corrected chi connectivity index (χ0v) is 12.6. The molecular formula is C14H19BrO3. The van der Waals surface area contributed by atoms with Crippen LogP contribution in [0.2, 0.25) is 0 Å². The normalized spacial score (nSPS) is 11.3. The number of carbonyl (C=O) groups is 1. The molecule has 1 N–H and O–H groups in total. The molecule has 1 aromatic carbocycles. The van der Waals surface area contributed by atoms with Crippen molar-refractivity contribution in [1.29, 1.82) is 0 Å². The van der Waals surface area contributed by atoms with Gasteiger partial charge in [-0.1, -0.05) is 19.9 Å². The molecule has 0 saturated carbocycles. The Bertz CT molecular complexity index is 427. The molecule has 1 aromatic rings. The quantitative estimate of drug-likeness (QED) is 0.843. The van der Waals surface area contributed by atoms with E-state index < -0.39 is 0 Å². The van der Waals surface area contributed by atoms with Gasteiger partial charge >= 0.3 is 5.97 Å². The van der Waals surface area contributed by atoms with Crippen LogP contribution in [0, 0.1) is 5.41 Å². The highest BCUT2D eigenvalue weighted by Crippen LogP contribution is 2.30. The summed E-state index contributed by atoms with van der Waals surface area (Å²) >= 11 is 3.29. The van der Waals surface area contributed by atoms with E-state index in [0.29, 0.717) is 17.5 Å². The summed E-state index contributed by atoms with van der Waals surface area (Å²) in [6, 6.07) is 5.40. The number of esters is 1. The van der Waals surface area contributed by atoms with Crippen LogP contribution in [0.25, 0.3) is 0 Å². The van der Waals surface area contributed by atoms with E-state index >= 15 is 0 Å². The van der Waals surface area contributed by atoms with E-state index in [9.17, 15) is 9.90 Å². The summed E-state index contributed by atoms with van der Waals surface area (Å²) in [5, 5.41) is 9.44. The van der Waals surface area contributed by atoms with Crippen LogP contribution in [-0.4, -0.2) is 17.7 Å². The number of ether oxygens (including phenoxy) is 1. The minimum atomic E-state index is -0.166. The van der Waals surface area contributed by atoms with E-state index in [1.807, 2.05) is 32.9 Å². The van der Waals surface area contributed by atoms with Crippen molar-refractivity contribution in [2.45, 2.75) is 33.6 Å². The molecule has 0 aromatic heterocycles. The van der Waals surface area contributed by atoms with Gasteiger partial charge in [0.25, 0.3) is 0 Å². The predicted octanol–water partition coefficient (Wildman–Crippen LogP) is 3.68. The van der Waals surface area contributed by atoms with Crippen molar-refractivity contribution in [3.05, 3.63) is 28.2 Å². The van der Waals surface area contributed by atoms with Gasteiger partial charge in [-0.3, -0.25) is 4.79 Å². The lowest BCUT2D eigenvalue weighted by atomic mass is 9.83. The van der Waals surface area contributed by atoms with E-state index in [1.165, 1.54) is 0 Å². The molecule has 0 aliphatic carbocycles. The first-order valence-corrected chi connectivity index (χ1v) is 6.76. The second kappa shape index (κ2) is 6.23. The zero-order valence-electron chi connectivity index (χ0n) is 11.0. The molecule has 3 nitrogen and oxygen atoms in total. The van der Waals surface area contributed by atoms with Crippen molar-refractivity contribution in [2.75, 3.05) is 6.61 Å². The molecule has 100 valence electrons. The Hall–Kier alpha value is -1.03. The maximum atomic E-state index is 11.5. The van der Waals surface area contributed by atoms with Gasteiger partial charge in [-0.05, 0) is 52.4 Å². The third-order valence-corrected chi connectivity index (χ3v) is 3.26. The number of phenols is 1.